The number of carbonyl (C=O) groups is 2. The van der Waals surface area contributed by atoms with Crippen LogP contribution in [0.5, 0.6) is 0 Å². The SMILES string of the molecule is CCn1cc(C(=O)Nc2ccc(C(N)=O)cc2)c2nn(-c3ccccc3)c(=O)c-2c1. The van der Waals surface area contributed by atoms with Crippen molar-refractivity contribution in [3.05, 3.63) is 88.5 Å². The first-order chi connectivity index (χ1) is 14.5. The molecule has 0 saturated heterocycles. The molecule has 0 fully saturated rings. The second-order valence-electron chi connectivity index (χ2n) is 6.71. The van der Waals surface area contributed by atoms with Gasteiger partial charge < -0.3 is 15.6 Å². The molecule has 0 radical (unpaired) electrons. The quantitative estimate of drug-likeness (QED) is 0.535. The number of para-hydroxylation sites is 1. The summed E-state index contributed by atoms with van der Waals surface area (Å²) in [6, 6.07) is 15.3. The summed E-state index contributed by atoms with van der Waals surface area (Å²) in [4.78, 5) is 37.2. The molecule has 3 N–H and O–H groups in total. The second-order valence-corrected chi connectivity index (χ2v) is 6.71. The van der Waals surface area contributed by atoms with Crippen LogP contribution in [0.15, 0.2) is 71.8 Å². The Morgan fingerprint density at radius 3 is 2.37 bits per heavy atom. The van der Waals surface area contributed by atoms with Gasteiger partial charge in [0.2, 0.25) is 5.91 Å². The lowest BCUT2D eigenvalue weighted by Gasteiger charge is -2.11. The number of aromatic nitrogens is 3. The zero-order chi connectivity index (χ0) is 21.3. The predicted molar refractivity (Wildman–Crippen MR) is 113 cm³/mol. The topological polar surface area (TPSA) is 112 Å². The number of rotatable bonds is 5. The van der Waals surface area contributed by atoms with E-state index in [-0.39, 0.29) is 11.1 Å². The number of primary amides is 1. The van der Waals surface area contributed by atoms with E-state index in [1.54, 1.807) is 41.2 Å². The smallest absolute Gasteiger partial charge is 0.282 e. The third kappa shape index (κ3) is 3.46. The number of benzene rings is 2. The Morgan fingerprint density at radius 1 is 1.03 bits per heavy atom. The Bertz CT molecular complexity index is 1260. The van der Waals surface area contributed by atoms with E-state index < -0.39 is 11.8 Å². The van der Waals surface area contributed by atoms with Crippen LogP contribution in [0, 0.1) is 0 Å². The number of fused-ring (bicyclic) bond motifs is 1. The highest BCUT2D eigenvalue weighted by atomic mass is 16.2. The summed E-state index contributed by atoms with van der Waals surface area (Å²) in [5, 5.41) is 7.21. The minimum absolute atomic E-state index is 0.278. The third-order valence-electron chi connectivity index (χ3n) is 4.76. The van der Waals surface area contributed by atoms with Crippen LogP contribution in [-0.4, -0.2) is 26.2 Å². The average Bonchev–Trinajstić information content (AvgIpc) is 3.10. The van der Waals surface area contributed by atoms with Gasteiger partial charge in [0.1, 0.15) is 5.69 Å². The van der Waals surface area contributed by atoms with E-state index in [0.29, 0.717) is 34.7 Å². The minimum atomic E-state index is -0.545. The van der Waals surface area contributed by atoms with Crippen LogP contribution in [0.3, 0.4) is 0 Å². The van der Waals surface area contributed by atoms with Crippen LogP contribution in [-0.2, 0) is 6.54 Å². The number of aryl methyl sites for hydroxylation is 1. The van der Waals surface area contributed by atoms with Gasteiger partial charge in [0.25, 0.3) is 11.5 Å². The number of anilines is 1. The van der Waals surface area contributed by atoms with Gasteiger partial charge in [0.05, 0.1) is 16.8 Å². The van der Waals surface area contributed by atoms with Crippen molar-refractivity contribution in [2.24, 2.45) is 5.73 Å². The summed E-state index contributed by atoms with van der Waals surface area (Å²) >= 11 is 0. The van der Waals surface area contributed by atoms with Gasteiger partial charge in [-0.1, -0.05) is 18.2 Å². The van der Waals surface area contributed by atoms with Crippen molar-refractivity contribution in [2.45, 2.75) is 13.5 Å². The summed E-state index contributed by atoms with van der Waals surface area (Å²) in [6.45, 7) is 2.50. The molecule has 8 nitrogen and oxygen atoms in total. The molecule has 0 spiro atoms. The second kappa shape index (κ2) is 7.67. The molecular formula is C22H19N5O3. The maximum Gasteiger partial charge on any atom is 0.282 e. The maximum atomic E-state index is 13.0. The maximum absolute atomic E-state index is 13.0. The molecule has 2 aliphatic heterocycles. The fourth-order valence-electron chi connectivity index (χ4n) is 3.17. The molecule has 2 aromatic rings. The van der Waals surface area contributed by atoms with Gasteiger partial charge in [-0.05, 0) is 43.3 Å². The van der Waals surface area contributed by atoms with E-state index in [2.05, 4.69) is 10.4 Å². The summed E-state index contributed by atoms with van der Waals surface area (Å²) < 4.78 is 3.06. The molecule has 8 heteroatoms. The molecule has 0 aromatic heterocycles. The number of amides is 2. The Balaban J connectivity index is 1.76. The number of nitrogens with two attached hydrogens (primary N) is 1. The molecule has 2 heterocycles. The van der Waals surface area contributed by atoms with Gasteiger partial charge in [-0.3, -0.25) is 14.4 Å². The third-order valence-corrected chi connectivity index (χ3v) is 4.76. The number of nitrogens with one attached hydrogen (secondary N) is 1. The van der Waals surface area contributed by atoms with Crippen molar-refractivity contribution in [3.63, 3.8) is 0 Å². The van der Waals surface area contributed by atoms with Crippen molar-refractivity contribution in [1.29, 1.82) is 0 Å². The number of hydrogen-bond donors (Lipinski definition) is 2. The van der Waals surface area contributed by atoms with Gasteiger partial charge in [-0.25, -0.2) is 0 Å². The Labute approximate surface area is 171 Å². The molecule has 0 bridgehead atoms. The number of pyridine rings is 1. The molecule has 2 amide bonds. The van der Waals surface area contributed by atoms with Crippen molar-refractivity contribution in [1.82, 2.24) is 14.3 Å². The van der Waals surface area contributed by atoms with Crippen LogP contribution in [0.1, 0.15) is 27.6 Å². The number of carbonyl (C=O) groups excluding carboxylic acids is 2. The molecule has 30 heavy (non-hydrogen) atoms. The molecule has 0 unspecified atom stereocenters. The first-order valence-corrected chi connectivity index (χ1v) is 9.37. The van der Waals surface area contributed by atoms with Gasteiger partial charge in [-0.15, -0.1) is 0 Å². The van der Waals surface area contributed by atoms with Crippen LogP contribution in [0.25, 0.3) is 16.9 Å². The summed E-state index contributed by atoms with van der Waals surface area (Å²) in [7, 11) is 0. The van der Waals surface area contributed by atoms with E-state index >= 15 is 0 Å². The Morgan fingerprint density at radius 2 is 1.73 bits per heavy atom. The largest absolute Gasteiger partial charge is 0.366 e. The fourth-order valence-corrected chi connectivity index (χ4v) is 3.17. The van der Waals surface area contributed by atoms with Crippen LogP contribution < -0.4 is 16.6 Å². The molecule has 0 aliphatic carbocycles. The zero-order valence-corrected chi connectivity index (χ0v) is 16.2. The predicted octanol–water partition coefficient (Wildman–Crippen LogP) is 2.51. The van der Waals surface area contributed by atoms with Gasteiger partial charge in [0.15, 0.2) is 0 Å². The molecule has 0 atom stereocenters. The summed E-state index contributed by atoms with van der Waals surface area (Å²) in [5.74, 6) is -0.955. The van der Waals surface area contributed by atoms with Crippen molar-refractivity contribution in [2.75, 3.05) is 5.32 Å². The van der Waals surface area contributed by atoms with E-state index in [0.717, 1.165) is 0 Å². The van der Waals surface area contributed by atoms with Crippen LogP contribution >= 0.6 is 0 Å². The highest BCUT2D eigenvalue weighted by Crippen LogP contribution is 2.23. The zero-order valence-electron chi connectivity index (χ0n) is 16.2. The number of nitrogens with zero attached hydrogens (tertiary/aromatic N) is 3. The van der Waals surface area contributed by atoms with E-state index in [9.17, 15) is 14.4 Å². The van der Waals surface area contributed by atoms with Gasteiger partial charge >= 0.3 is 0 Å². The highest BCUT2D eigenvalue weighted by molar-refractivity contribution is 6.08. The van der Waals surface area contributed by atoms with E-state index in [4.69, 9.17) is 5.73 Å². The van der Waals surface area contributed by atoms with Crippen LogP contribution in [0.2, 0.25) is 0 Å². The average molecular weight is 401 g/mol. The molecule has 150 valence electrons. The molecule has 4 rings (SSSR count). The Kier molecular flexibility index (Phi) is 4.89. The monoisotopic (exact) mass is 401 g/mol. The van der Waals surface area contributed by atoms with E-state index in [1.165, 1.54) is 16.8 Å². The molecule has 0 saturated carbocycles. The van der Waals surface area contributed by atoms with Gasteiger partial charge in [0, 0.05) is 30.2 Å². The molecular weight excluding hydrogens is 382 g/mol. The highest BCUT2D eigenvalue weighted by Gasteiger charge is 2.24. The number of hydrogen-bond acceptors (Lipinski definition) is 4. The first kappa shape index (κ1) is 19.1. The summed E-state index contributed by atoms with van der Waals surface area (Å²) in [5.41, 5.74) is 7.37. The van der Waals surface area contributed by atoms with Crippen molar-refractivity contribution >= 4 is 17.5 Å². The van der Waals surface area contributed by atoms with Crippen molar-refractivity contribution in [3.8, 4) is 16.9 Å². The first-order valence-electron chi connectivity index (χ1n) is 9.37. The lowest BCUT2D eigenvalue weighted by Crippen LogP contribution is -2.17. The van der Waals surface area contributed by atoms with E-state index in [1.807, 2.05) is 25.1 Å². The molecule has 2 aromatic carbocycles. The van der Waals surface area contributed by atoms with Crippen molar-refractivity contribution < 1.29 is 9.59 Å². The fraction of sp³-hybridized carbons (Fsp3) is 0.0909. The summed E-state index contributed by atoms with van der Waals surface area (Å²) in [6.07, 6.45) is 3.36. The van der Waals surface area contributed by atoms with Crippen LogP contribution in [0.4, 0.5) is 5.69 Å². The lowest BCUT2D eigenvalue weighted by molar-refractivity contribution is 0.0998. The normalized spacial score (nSPS) is 10.8. The minimum Gasteiger partial charge on any atom is -0.366 e. The Hall–Kier alpha value is -4.20. The standard InChI is InChI=1S/C22H19N5O3/c1-2-26-12-17(21(29)24-15-10-8-14(9-11-15)20(23)28)19-18(13-26)22(30)27(25-19)16-6-4-3-5-7-16/h3-13H,2H2,1H3,(H2,23,28)(H,24,29). The lowest BCUT2D eigenvalue weighted by atomic mass is 10.1. The molecule has 2 aliphatic rings. The van der Waals surface area contributed by atoms with Gasteiger partial charge in [-0.2, -0.15) is 9.78 Å².